The lowest BCUT2D eigenvalue weighted by Crippen LogP contribution is -2.35. The van der Waals surface area contributed by atoms with Crippen LogP contribution in [0.25, 0.3) is 0 Å². The number of hydrogen-bond acceptors (Lipinski definition) is 6. The standard InChI is InChI=1S/C10H24N2O3PS/c1-5-14-10(13)9(3)12-16(4,15-6-2)17-8-7-11/h9,12H,5-8,11H2,1-4H3/q+1/t9-,16?/m0/s1. The fraction of sp³-hybridized carbons (Fsp3) is 0.900. The van der Waals surface area contributed by atoms with Crippen molar-refractivity contribution in [2.45, 2.75) is 26.8 Å². The van der Waals surface area contributed by atoms with Gasteiger partial charge in [-0.1, -0.05) is 0 Å². The van der Waals surface area contributed by atoms with Crippen molar-refractivity contribution >= 4 is 24.2 Å². The Kier molecular flexibility index (Phi) is 9.18. The molecule has 102 valence electrons. The molecule has 0 fully saturated rings. The van der Waals surface area contributed by atoms with E-state index in [9.17, 15) is 4.79 Å². The van der Waals surface area contributed by atoms with Gasteiger partial charge in [0.1, 0.15) is 12.7 Å². The zero-order valence-corrected chi connectivity index (χ0v) is 12.8. The molecule has 1 unspecified atom stereocenters. The third kappa shape index (κ3) is 7.21. The largest absolute Gasteiger partial charge is 0.465 e. The molecule has 0 saturated carbocycles. The molecular weight excluding hydrogens is 259 g/mol. The molecule has 0 aliphatic carbocycles. The van der Waals surface area contributed by atoms with E-state index >= 15 is 0 Å². The maximum Gasteiger partial charge on any atom is 0.326 e. The topological polar surface area (TPSA) is 73.6 Å². The minimum Gasteiger partial charge on any atom is -0.465 e. The van der Waals surface area contributed by atoms with Crippen LogP contribution in [0.5, 0.6) is 0 Å². The number of carbonyl (C=O) groups excluding carboxylic acids is 1. The van der Waals surface area contributed by atoms with Crippen LogP contribution in [0.15, 0.2) is 0 Å². The first-order valence-electron chi connectivity index (χ1n) is 5.79. The third-order valence-corrected chi connectivity index (χ3v) is 7.08. The second kappa shape index (κ2) is 9.11. The number of ether oxygens (including phenoxy) is 1. The highest BCUT2D eigenvalue weighted by atomic mass is 32.7. The van der Waals surface area contributed by atoms with Gasteiger partial charge in [-0.05, 0) is 20.8 Å². The highest BCUT2D eigenvalue weighted by Gasteiger charge is 2.39. The van der Waals surface area contributed by atoms with Gasteiger partial charge in [0.05, 0.1) is 24.6 Å². The molecule has 2 atom stereocenters. The summed E-state index contributed by atoms with van der Waals surface area (Å²) in [5.74, 6) is 0.569. The molecule has 7 heteroatoms. The molecule has 0 bridgehead atoms. The van der Waals surface area contributed by atoms with Crippen molar-refractivity contribution in [3.05, 3.63) is 0 Å². The van der Waals surface area contributed by atoms with E-state index in [4.69, 9.17) is 15.0 Å². The maximum absolute atomic E-state index is 11.5. The number of esters is 1. The average molecular weight is 283 g/mol. The summed E-state index contributed by atoms with van der Waals surface area (Å²) in [6.45, 7) is 7.31. The summed E-state index contributed by atoms with van der Waals surface area (Å²) in [5.41, 5.74) is 5.49. The lowest BCUT2D eigenvalue weighted by molar-refractivity contribution is -0.144. The van der Waals surface area contributed by atoms with E-state index in [2.05, 4.69) is 5.09 Å². The predicted octanol–water partition coefficient (Wildman–Crippen LogP) is 1.65. The molecule has 0 aliphatic rings. The first-order valence-corrected chi connectivity index (χ1v) is 9.53. The van der Waals surface area contributed by atoms with Crippen molar-refractivity contribution in [3.63, 3.8) is 0 Å². The van der Waals surface area contributed by atoms with Gasteiger partial charge >= 0.3 is 5.97 Å². The molecule has 5 nitrogen and oxygen atoms in total. The minimum absolute atomic E-state index is 0.244. The van der Waals surface area contributed by atoms with Gasteiger partial charge in [0.15, 0.2) is 0 Å². The van der Waals surface area contributed by atoms with E-state index in [1.54, 1.807) is 25.2 Å². The van der Waals surface area contributed by atoms with Crippen LogP contribution in [-0.4, -0.2) is 44.2 Å². The highest BCUT2D eigenvalue weighted by molar-refractivity contribution is 8.60. The van der Waals surface area contributed by atoms with Gasteiger partial charge in [-0.25, -0.2) is 4.52 Å². The van der Waals surface area contributed by atoms with E-state index in [0.717, 1.165) is 5.75 Å². The fourth-order valence-corrected chi connectivity index (χ4v) is 5.84. The summed E-state index contributed by atoms with van der Waals surface area (Å²) < 4.78 is 10.7. The Labute approximate surface area is 108 Å². The summed E-state index contributed by atoms with van der Waals surface area (Å²) in [6.07, 6.45) is 0. The van der Waals surface area contributed by atoms with Gasteiger partial charge in [0.25, 0.3) is 6.84 Å². The van der Waals surface area contributed by atoms with Crippen LogP contribution in [0.4, 0.5) is 0 Å². The summed E-state index contributed by atoms with van der Waals surface area (Å²) in [7, 11) is 0. The molecule has 0 heterocycles. The molecule has 17 heavy (non-hydrogen) atoms. The van der Waals surface area contributed by atoms with Crippen molar-refractivity contribution in [1.29, 1.82) is 0 Å². The lowest BCUT2D eigenvalue weighted by atomic mass is 10.4. The Morgan fingerprint density at radius 3 is 2.59 bits per heavy atom. The Bertz CT molecular complexity index is 234. The van der Waals surface area contributed by atoms with Gasteiger partial charge in [-0.3, -0.25) is 4.79 Å². The van der Waals surface area contributed by atoms with Gasteiger partial charge in [-0.2, -0.15) is 0 Å². The highest BCUT2D eigenvalue weighted by Crippen LogP contribution is 2.64. The first-order chi connectivity index (χ1) is 7.99. The summed E-state index contributed by atoms with van der Waals surface area (Å²) in [6, 6.07) is -0.356. The summed E-state index contributed by atoms with van der Waals surface area (Å²) in [5, 5.41) is 3.24. The molecule has 0 amide bonds. The van der Waals surface area contributed by atoms with E-state index in [0.29, 0.717) is 19.8 Å². The number of nitrogens with two attached hydrogens (primary N) is 1. The Hall–Kier alpha value is 0.130. The van der Waals surface area contributed by atoms with E-state index in [1.807, 2.05) is 13.6 Å². The molecule has 3 N–H and O–H groups in total. The van der Waals surface area contributed by atoms with Crippen molar-refractivity contribution in [3.8, 4) is 0 Å². The SMILES string of the molecule is CCOC(=O)[C@H](C)N[P+](C)(OCC)SCCN. The molecule has 0 spiro atoms. The van der Waals surface area contributed by atoms with Crippen molar-refractivity contribution in [2.75, 3.05) is 32.2 Å². The van der Waals surface area contributed by atoms with Gasteiger partial charge in [-0.15, -0.1) is 5.09 Å². The molecule has 0 aromatic carbocycles. The maximum atomic E-state index is 11.5. The number of hydrogen-bond donors (Lipinski definition) is 2. The van der Waals surface area contributed by atoms with Gasteiger partial charge in [0.2, 0.25) is 0 Å². The zero-order valence-electron chi connectivity index (χ0n) is 11.1. The minimum atomic E-state index is -1.83. The van der Waals surface area contributed by atoms with E-state index in [-0.39, 0.29) is 12.0 Å². The van der Waals surface area contributed by atoms with Crippen LogP contribution in [-0.2, 0) is 14.1 Å². The number of rotatable bonds is 9. The van der Waals surface area contributed by atoms with Crippen LogP contribution in [0.1, 0.15) is 20.8 Å². The van der Waals surface area contributed by atoms with E-state index in [1.165, 1.54) is 0 Å². The van der Waals surface area contributed by atoms with Crippen LogP contribution in [0.2, 0.25) is 0 Å². The fourth-order valence-electron chi connectivity index (χ4n) is 1.26. The van der Waals surface area contributed by atoms with Crippen LogP contribution in [0, 0.1) is 0 Å². The van der Waals surface area contributed by atoms with Gasteiger partial charge < -0.3 is 10.5 Å². The van der Waals surface area contributed by atoms with Crippen molar-refractivity contribution in [2.24, 2.45) is 5.73 Å². The Morgan fingerprint density at radius 1 is 1.47 bits per heavy atom. The van der Waals surface area contributed by atoms with Crippen LogP contribution < -0.4 is 10.8 Å². The quantitative estimate of drug-likeness (QED) is 0.495. The molecule has 0 saturated heterocycles. The van der Waals surface area contributed by atoms with Gasteiger partial charge in [0, 0.05) is 12.3 Å². The Morgan fingerprint density at radius 2 is 2.12 bits per heavy atom. The molecular formula is C10H24N2O3PS+. The Balaban J connectivity index is 4.35. The summed E-state index contributed by atoms with van der Waals surface area (Å²) >= 11 is 1.66. The lowest BCUT2D eigenvalue weighted by Gasteiger charge is -2.22. The van der Waals surface area contributed by atoms with Crippen LogP contribution in [0.3, 0.4) is 0 Å². The number of nitrogens with one attached hydrogen (secondary N) is 1. The van der Waals surface area contributed by atoms with Crippen molar-refractivity contribution < 1.29 is 14.1 Å². The van der Waals surface area contributed by atoms with Crippen LogP contribution >= 0.6 is 18.2 Å². The molecule has 0 aromatic heterocycles. The normalized spacial score (nSPS) is 16.3. The van der Waals surface area contributed by atoms with E-state index < -0.39 is 6.84 Å². The predicted molar refractivity (Wildman–Crippen MR) is 75.2 cm³/mol. The second-order valence-corrected chi connectivity index (χ2v) is 9.23. The molecule has 0 rings (SSSR count). The number of carbonyl (C=O) groups is 1. The molecule has 0 radical (unpaired) electrons. The first kappa shape index (κ1) is 17.1. The molecule has 0 aromatic rings. The molecule has 0 aliphatic heterocycles. The summed E-state index contributed by atoms with van der Waals surface area (Å²) in [4.78, 5) is 11.5. The third-order valence-electron chi connectivity index (χ3n) is 1.90. The van der Waals surface area contributed by atoms with Crippen molar-refractivity contribution in [1.82, 2.24) is 5.09 Å². The average Bonchev–Trinajstić information content (AvgIpc) is 2.27. The smallest absolute Gasteiger partial charge is 0.326 e. The monoisotopic (exact) mass is 283 g/mol. The zero-order chi connectivity index (χ0) is 13.3. The second-order valence-electron chi connectivity index (χ2n) is 3.49.